The normalized spacial score (nSPS) is 10.6. The first-order valence-corrected chi connectivity index (χ1v) is 6.82. The summed E-state index contributed by atoms with van der Waals surface area (Å²) in [7, 11) is 3.08. The van der Waals surface area contributed by atoms with E-state index in [-0.39, 0.29) is 18.6 Å². The highest BCUT2D eigenvalue weighted by molar-refractivity contribution is 5.89. The van der Waals surface area contributed by atoms with Gasteiger partial charge in [-0.1, -0.05) is 6.07 Å². The molecule has 0 aliphatic heterocycles. The molecular weight excluding hydrogens is 286 g/mol. The van der Waals surface area contributed by atoms with Crippen molar-refractivity contribution in [2.75, 3.05) is 20.8 Å². The molecule has 0 heterocycles. The second kappa shape index (κ2) is 8.71. The second-order valence-corrected chi connectivity index (χ2v) is 4.78. The van der Waals surface area contributed by atoms with Gasteiger partial charge in [0.1, 0.15) is 0 Å². The number of carbonyl (C=O) groups excluding carboxylic acids is 2. The molecule has 0 fully saturated rings. The molecule has 1 aromatic rings. The quantitative estimate of drug-likeness (QED) is 0.614. The molecule has 0 aliphatic carbocycles. The molecule has 0 radical (unpaired) electrons. The molecule has 0 aromatic heterocycles. The van der Waals surface area contributed by atoms with Gasteiger partial charge in [0, 0.05) is 12.1 Å². The third kappa shape index (κ3) is 5.87. The van der Waals surface area contributed by atoms with Gasteiger partial charge < -0.3 is 19.5 Å². The van der Waals surface area contributed by atoms with Crippen LogP contribution in [0.5, 0.6) is 11.5 Å². The predicted molar refractivity (Wildman–Crippen MR) is 82.8 cm³/mol. The van der Waals surface area contributed by atoms with Crippen molar-refractivity contribution in [1.82, 2.24) is 5.32 Å². The van der Waals surface area contributed by atoms with Crippen LogP contribution in [0.15, 0.2) is 24.3 Å². The van der Waals surface area contributed by atoms with E-state index in [0.717, 1.165) is 5.56 Å². The summed E-state index contributed by atoms with van der Waals surface area (Å²) >= 11 is 0. The van der Waals surface area contributed by atoms with Gasteiger partial charge in [-0.3, -0.25) is 4.79 Å². The number of ether oxygens (including phenoxy) is 3. The van der Waals surface area contributed by atoms with E-state index in [4.69, 9.17) is 14.2 Å². The fourth-order valence-electron chi connectivity index (χ4n) is 1.67. The van der Waals surface area contributed by atoms with Crippen LogP contribution in [0, 0.1) is 0 Å². The lowest BCUT2D eigenvalue weighted by Crippen LogP contribution is -2.33. The number of hydrogen-bond donors (Lipinski definition) is 1. The Kier molecular flexibility index (Phi) is 6.95. The average molecular weight is 307 g/mol. The number of methoxy groups -OCH3 is 2. The molecule has 6 nitrogen and oxygen atoms in total. The van der Waals surface area contributed by atoms with E-state index in [1.165, 1.54) is 13.2 Å². The smallest absolute Gasteiger partial charge is 0.331 e. The molecule has 22 heavy (non-hydrogen) atoms. The lowest BCUT2D eigenvalue weighted by Gasteiger charge is -2.08. The fraction of sp³-hybridized carbons (Fsp3) is 0.375. The Morgan fingerprint density at radius 1 is 1.18 bits per heavy atom. The van der Waals surface area contributed by atoms with Gasteiger partial charge in [-0.2, -0.15) is 0 Å². The van der Waals surface area contributed by atoms with Gasteiger partial charge in [0.15, 0.2) is 18.1 Å². The SMILES string of the molecule is COc1ccc(/C=C/C(=O)OCC(=O)NC(C)C)cc1OC. The van der Waals surface area contributed by atoms with Gasteiger partial charge in [-0.25, -0.2) is 4.79 Å². The third-order valence-electron chi connectivity index (χ3n) is 2.61. The zero-order valence-electron chi connectivity index (χ0n) is 13.2. The highest BCUT2D eigenvalue weighted by Gasteiger charge is 2.06. The zero-order chi connectivity index (χ0) is 16.5. The van der Waals surface area contributed by atoms with Crippen molar-refractivity contribution in [2.45, 2.75) is 19.9 Å². The molecule has 0 aliphatic rings. The zero-order valence-corrected chi connectivity index (χ0v) is 13.2. The minimum absolute atomic E-state index is 0.00788. The van der Waals surface area contributed by atoms with Crippen LogP contribution in [-0.4, -0.2) is 38.7 Å². The van der Waals surface area contributed by atoms with Gasteiger partial charge in [0.2, 0.25) is 0 Å². The summed E-state index contributed by atoms with van der Waals surface area (Å²) in [6, 6.07) is 5.25. The number of rotatable bonds is 7. The molecule has 1 N–H and O–H groups in total. The second-order valence-electron chi connectivity index (χ2n) is 4.78. The first kappa shape index (κ1) is 17.6. The summed E-state index contributed by atoms with van der Waals surface area (Å²) in [6.45, 7) is 3.36. The molecule has 0 saturated carbocycles. The van der Waals surface area contributed by atoms with Crippen molar-refractivity contribution in [1.29, 1.82) is 0 Å². The molecule has 0 bridgehead atoms. The van der Waals surface area contributed by atoms with Gasteiger partial charge in [-0.05, 0) is 37.6 Å². The summed E-state index contributed by atoms with van der Waals surface area (Å²) in [5.41, 5.74) is 0.751. The van der Waals surface area contributed by atoms with Crippen molar-refractivity contribution >= 4 is 18.0 Å². The molecule has 0 spiro atoms. The number of esters is 1. The van der Waals surface area contributed by atoms with Gasteiger partial charge >= 0.3 is 5.97 Å². The van der Waals surface area contributed by atoms with Crippen molar-refractivity contribution in [2.24, 2.45) is 0 Å². The summed E-state index contributed by atoms with van der Waals surface area (Å²) < 4.78 is 15.1. The van der Waals surface area contributed by atoms with E-state index in [1.54, 1.807) is 31.4 Å². The van der Waals surface area contributed by atoms with Crippen molar-refractivity contribution in [3.05, 3.63) is 29.8 Å². The fourth-order valence-corrected chi connectivity index (χ4v) is 1.67. The van der Waals surface area contributed by atoms with Gasteiger partial charge in [0.05, 0.1) is 14.2 Å². The van der Waals surface area contributed by atoms with Gasteiger partial charge in [0.25, 0.3) is 5.91 Å². The number of benzene rings is 1. The van der Waals surface area contributed by atoms with E-state index >= 15 is 0 Å². The van der Waals surface area contributed by atoms with E-state index in [2.05, 4.69) is 5.32 Å². The molecular formula is C16H21NO5. The Morgan fingerprint density at radius 3 is 2.45 bits per heavy atom. The molecule has 1 amide bonds. The minimum Gasteiger partial charge on any atom is -0.493 e. The van der Waals surface area contributed by atoms with Crippen LogP contribution in [0.25, 0.3) is 6.08 Å². The van der Waals surface area contributed by atoms with Crippen molar-refractivity contribution in [3.8, 4) is 11.5 Å². The summed E-state index contributed by atoms with van der Waals surface area (Å²) in [5.74, 6) is 0.249. The average Bonchev–Trinajstić information content (AvgIpc) is 2.49. The highest BCUT2D eigenvalue weighted by atomic mass is 16.5. The van der Waals surface area contributed by atoms with Crippen LogP contribution < -0.4 is 14.8 Å². The van der Waals surface area contributed by atoms with Crippen LogP contribution >= 0.6 is 0 Å². The van der Waals surface area contributed by atoms with Gasteiger partial charge in [-0.15, -0.1) is 0 Å². The van der Waals surface area contributed by atoms with Crippen LogP contribution in [0.1, 0.15) is 19.4 Å². The molecule has 0 atom stereocenters. The maximum Gasteiger partial charge on any atom is 0.331 e. The first-order chi connectivity index (χ1) is 10.5. The molecule has 0 unspecified atom stereocenters. The summed E-state index contributed by atoms with van der Waals surface area (Å²) in [5, 5.41) is 2.63. The van der Waals surface area contributed by atoms with Crippen LogP contribution in [-0.2, 0) is 14.3 Å². The largest absolute Gasteiger partial charge is 0.493 e. The maximum absolute atomic E-state index is 11.5. The van der Waals surface area contributed by atoms with E-state index in [1.807, 2.05) is 13.8 Å². The standard InChI is InChI=1S/C16H21NO5/c1-11(2)17-15(18)10-22-16(19)8-6-12-5-7-13(20-3)14(9-12)21-4/h5-9,11H,10H2,1-4H3,(H,17,18)/b8-6+. The maximum atomic E-state index is 11.5. The predicted octanol–water partition coefficient (Wildman–Crippen LogP) is 1.78. The summed E-state index contributed by atoms with van der Waals surface area (Å²) in [6.07, 6.45) is 2.83. The lowest BCUT2D eigenvalue weighted by atomic mass is 10.2. The molecule has 1 rings (SSSR count). The third-order valence-corrected chi connectivity index (χ3v) is 2.61. The molecule has 1 aromatic carbocycles. The number of hydrogen-bond acceptors (Lipinski definition) is 5. The summed E-state index contributed by atoms with van der Waals surface area (Å²) in [4.78, 5) is 22.9. The van der Waals surface area contributed by atoms with E-state index in [0.29, 0.717) is 11.5 Å². The molecule has 0 saturated heterocycles. The monoisotopic (exact) mass is 307 g/mol. The Morgan fingerprint density at radius 2 is 1.86 bits per heavy atom. The Balaban J connectivity index is 2.57. The van der Waals surface area contributed by atoms with Crippen molar-refractivity contribution < 1.29 is 23.8 Å². The Labute approximate surface area is 130 Å². The van der Waals surface area contributed by atoms with Crippen LogP contribution in [0.3, 0.4) is 0 Å². The minimum atomic E-state index is -0.589. The molecule has 120 valence electrons. The Bertz CT molecular complexity index is 551. The number of nitrogens with one attached hydrogen (secondary N) is 1. The number of carbonyl (C=O) groups is 2. The lowest BCUT2D eigenvalue weighted by molar-refractivity contribution is -0.143. The highest BCUT2D eigenvalue weighted by Crippen LogP contribution is 2.27. The van der Waals surface area contributed by atoms with Crippen LogP contribution in [0.2, 0.25) is 0 Å². The van der Waals surface area contributed by atoms with E-state index in [9.17, 15) is 9.59 Å². The first-order valence-electron chi connectivity index (χ1n) is 6.82. The molecule has 6 heteroatoms. The van der Waals surface area contributed by atoms with E-state index < -0.39 is 5.97 Å². The Hall–Kier alpha value is -2.50. The van der Waals surface area contributed by atoms with Crippen molar-refractivity contribution in [3.63, 3.8) is 0 Å². The number of amides is 1. The topological polar surface area (TPSA) is 73.9 Å². The van der Waals surface area contributed by atoms with Crippen LogP contribution in [0.4, 0.5) is 0 Å².